The molecule has 0 unspecified atom stereocenters. The van der Waals surface area contributed by atoms with E-state index in [0.717, 1.165) is 0 Å². The lowest BCUT2D eigenvalue weighted by Crippen LogP contribution is -2.41. The van der Waals surface area contributed by atoms with Crippen LogP contribution in [0.1, 0.15) is 5.56 Å². The molecule has 3 heterocycles. The van der Waals surface area contributed by atoms with Crippen molar-refractivity contribution in [1.29, 1.82) is 0 Å². The van der Waals surface area contributed by atoms with Crippen molar-refractivity contribution < 1.29 is 0 Å². The van der Waals surface area contributed by atoms with Gasteiger partial charge in [-0.2, -0.15) is 0 Å². The summed E-state index contributed by atoms with van der Waals surface area (Å²) in [5.74, 6) is 0. The number of rotatable bonds is 2. The zero-order chi connectivity index (χ0) is 24.5. The smallest absolute Gasteiger partial charge is 0.197 e. The molecule has 37 heavy (non-hydrogen) atoms. The number of H-pyrrole nitrogens is 1. The van der Waals surface area contributed by atoms with Gasteiger partial charge in [0.05, 0.1) is 15.7 Å². The lowest BCUT2D eigenvalue weighted by Gasteiger charge is -2.35. The Hall–Kier alpha value is -4.28. The summed E-state index contributed by atoms with van der Waals surface area (Å²) < 4.78 is 2.66. The molecule has 173 valence electrons. The second kappa shape index (κ2) is 7.86. The van der Waals surface area contributed by atoms with E-state index in [-0.39, 0.29) is 0 Å². The van der Waals surface area contributed by atoms with Crippen LogP contribution in [0.4, 0.5) is 17.1 Å². The minimum atomic E-state index is 1.17. The molecule has 0 amide bonds. The second-order valence-corrected chi connectivity index (χ2v) is 10.8. The summed E-state index contributed by atoms with van der Waals surface area (Å²) >= 11 is 1.87. The number of benzene rings is 5. The molecule has 5 aromatic carbocycles. The van der Waals surface area contributed by atoms with Crippen molar-refractivity contribution in [2.75, 3.05) is 4.90 Å². The van der Waals surface area contributed by atoms with Gasteiger partial charge in [-0.15, -0.1) is 11.3 Å². The van der Waals surface area contributed by atoms with Crippen molar-refractivity contribution in [3.05, 3.63) is 115 Å². The van der Waals surface area contributed by atoms with Crippen LogP contribution in [0.3, 0.4) is 0 Å². The number of para-hydroxylation sites is 3. The summed E-state index contributed by atoms with van der Waals surface area (Å²) in [6.07, 6.45) is 0. The van der Waals surface area contributed by atoms with Gasteiger partial charge in [-0.05, 0) is 53.8 Å². The van der Waals surface area contributed by atoms with E-state index < -0.39 is 0 Å². The number of nitrogens with zero attached hydrogens (tertiary/aromatic N) is 1. The standard InChI is InChI=1S/C33H22BN2S/c1-20-18-25(22-13-9-14-24-31(22)35-32-23-12-5-8-17-29(23)37-33(24)32)30-28(19-20)36(21-10-3-2-4-11-21)27-16-7-6-15-26(27)34-30/h2-19,35H,1H3. The second-order valence-electron chi connectivity index (χ2n) is 9.77. The minimum Gasteiger partial charge on any atom is -0.353 e. The lowest BCUT2D eigenvalue weighted by molar-refractivity contribution is 1.28. The topological polar surface area (TPSA) is 19.0 Å². The number of thiophene rings is 1. The average molecular weight is 489 g/mol. The summed E-state index contributed by atoms with van der Waals surface area (Å²) in [6.45, 7) is 2.20. The Labute approximate surface area is 220 Å². The highest BCUT2D eigenvalue weighted by molar-refractivity contribution is 7.26. The van der Waals surface area contributed by atoms with Gasteiger partial charge in [0.2, 0.25) is 0 Å². The van der Waals surface area contributed by atoms with Crippen molar-refractivity contribution in [2.45, 2.75) is 6.92 Å². The number of nitrogens with one attached hydrogen (secondary N) is 1. The van der Waals surface area contributed by atoms with E-state index in [9.17, 15) is 0 Å². The van der Waals surface area contributed by atoms with Crippen molar-refractivity contribution >= 4 is 77.8 Å². The summed E-state index contributed by atoms with van der Waals surface area (Å²) in [6, 6.07) is 39.5. The Morgan fingerprint density at radius 1 is 0.676 bits per heavy atom. The molecule has 0 aliphatic carbocycles. The molecule has 1 radical (unpaired) electrons. The first kappa shape index (κ1) is 20.9. The van der Waals surface area contributed by atoms with E-state index in [4.69, 9.17) is 0 Å². The van der Waals surface area contributed by atoms with Crippen LogP contribution in [-0.2, 0) is 0 Å². The van der Waals surface area contributed by atoms with Crippen molar-refractivity contribution in [2.24, 2.45) is 0 Å². The fourth-order valence-corrected chi connectivity index (χ4v) is 7.07. The van der Waals surface area contributed by atoms with E-state index in [1.54, 1.807) is 0 Å². The Kier molecular flexibility index (Phi) is 4.43. The van der Waals surface area contributed by atoms with Crippen LogP contribution in [-0.4, -0.2) is 12.3 Å². The maximum atomic E-state index is 3.84. The summed E-state index contributed by atoms with van der Waals surface area (Å²) in [5.41, 5.74) is 12.3. The van der Waals surface area contributed by atoms with Crippen LogP contribution in [0, 0.1) is 6.92 Å². The quantitative estimate of drug-likeness (QED) is 0.244. The average Bonchev–Trinajstić information content (AvgIpc) is 3.48. The molecule has 0 spiro atoms. The summed E-state index contributed by atoms with van der Waals surface area (Å²) in [7, 11) is 2.36. The Balaban J connectivity index is 1.42. The fourth-order valence-electron chi connectivity index (χ4n) is 5.88. The Morgan fingerprint density at radius 3 is 2.38 bits per heavy atom. The Morgan fingerprint density at radius 2 is 1.46 bits per heavy atom. The van der Waals surface area contributed by atoms with Crippen LogP contribution < -0.4 is 15.8 Å². The van der Waals surface area contributed by atoms with Crippen molar-refractivity contribution in [3.63, 3.8) is 0 Å². The molecule has 0 fully saturated rings. The molecule has 0 atom stereocenters. The molecule has 1 aliphatic rings. The van der Waals surface area contributed by atoms with Gasteiger partial charge in [-0.3, -0.25) is 0 Å². The monoisotopic (exact) mass is 489 g/mol. The highest BCUT2D eigenvalue weighted by Crippen LogP contribution is 2.42. The van der Waals surface area contributed by atoms with Gasteiger partial charge in [-0.25, -0.2) is 0 Å². The third kappa shape index (κ3) is 3.06. The molecule has 1 aliphatic heterocycles. The molecule has 8 rings (SSSR count). The molecule has 0 saturated carbocycles. The van der Waals surface area contributed by atoms with Gasteiger partial charge in [-0.1, -0.05) is 84.3 Å². The number of aromatic amines is 1. The zero-order valence-electron chi connectivity index (χ0n) is 20.3. The highest BCUT2D eigenvalue weighted by Gasteiger charge is 2.28. The number of aryl methyl sites for hydroxylation is 1. The number of hydrogen-bond donors (Lipinski definition) is 1. The first-order valence-electron chi connectivity index (χ1n) is 12.6. The highest BCUT2D eigenvalue weighted by atomic mass is 32.1. The van der Waals surface area contributed by atoms with E-state index >= 15 is 0 Å². The maximum Gasteiger partial charge on any atom is 0.197 e. The largest absolute Gasteiger partial charge is 0.353 e. The predicted molar refractivity (Wildman–Crippen MR) is 161 cm³/mol. The number of aromatic nitrogens is 1. The molecular weight excluding hydrogens is 467 g/mol. The third-order valence-electron chi connectivity index (χ3n) is 7.48. The minimum absolute atomic E-state index is 1.17. The third-order valence-corrected chi connectivity index (χ3v) is 8.68. The number of hydrogen-bond acceptors (Lipinski definition) is 2. The predicted octanol–water partition coefficient (Wildman–Crippen LogP) is 7.95. The van der Waals surface area contributed by atoms with Gasteiger partial charge in [0.1, 0.15) is 0 Å². The van der Waals surface area contributed by atoms with Gasteiger partial charge < -0.3 is 9.88 Å². The van der Waals surface area contributed by atoms with Crippen LogP contribution in [0.2, 0.25) is 0 Å². The van der Waals surface area contributed by atoms with Crippen LogP contribution in [0.25, 0.3) is 42.3 Å². The zero-order valence-corrected chi connectivity index (χ0v) is 21.1. The first-order valence-corrected chi connectivity index (χ1v) is 13.4. The van der Waals surface area contributed by atoms with Crippen LogP contribution in [0.5, 0.6) is 0 Å². The van der Waals surface area contributed by atoms with Gasteiger partial charge in [0.15, 0.2) is 7.28 Å². The fraction of sp³-hybridized carbons (Fsp3) is 0.0303. The van der Waals surface area contributed by atoms with Crippen LogP contribution >= 0.6 is 11.3 Å². The van der Waals surface area contributed by atoms with E-state index in [1.165, 1.54) is 75.9 Å². The van der Waals surface area contributed by atoms with Gasteiger partial charge in [0, 0.05) is 38.1 Å². The Bertz CT molecular complexity index is 1980. The van der Waals surface area contributed by atoms with E-state index in [0.29, 0.717) is 0 Å². The summed E-state index contributed by atoms with van der Waals surface area (Å²) in [5, 5.41) is 2.59. The van der Waals surface area contributed by atoms with Crippen LogP contribution in [0.15, 0.2) is 109 Å². The van der Waals surface area contributed by atoms with Crippen molar-refractivity contribution in [1.82, 2.24) is 4.98 Å². The molecule has 0 saturated heterocycles. The lowest BCUT2D eigenvalue weighted by atomic mass is 9.58. The normalized spacial score (nSPS) is 12.6. The molecule has 2 nitrogen and oxygen atoms in total. The number of anilines is 3. The molecule has 0 bridgehead atoms. The first-order chi connectivity index (χ1) is 18.3. The molecule has 7 aromatic rings. The molecule has 1 N–H and O–H groups in total. The van der Waals surface area contributed by atoms with E-state index in [1.807, 2.05) is 11.3 Å². The van der Waals surface area contributed by atoms with Crippen molar-refractivity contribution in [3.8, 4) is 11.1 Å². The SMILES string of the molecule is Cc1cc(-c2cccc3c2[nH]c2c4ccccc4sc32)c2c(c1)N(c1ccccc1)c1ccccc1[B]2. The maximum absolute atomic E-state index is 3.84. The van der Waals surface area contributed by atoms with E-state index in [2.05, 4.69) is 133 Å². The molecule has 4 heteroatoms. The summed E-state index contributed by atoms with van der Waals surface area (Å²) in [4.78, 5) is 6.24. The number of fused-ring (bicyclic) bond motifs is 7. The van der Waals surface area contributed by atoms with Gasteiger partial charge in [0.25, 0.3) is 0 Å². The molecular formula is C33H22BN2S. The van der Waals surface area contributed by atoms with Gasteiger partial charge >= 0.3 is 0 Å². The molecule has 2 aromatic heterocycles.